The molecule has 0 bridgehead atoms. The van der Waals surface area contributed by atoms with E-state index >= 15 is 0 Å². The van der Waals surface area contributed by atoms with E-state index in [1.165, 1.54) is 18.0 Å². The van der Waals surface area contributed by atoms with Crippen molar-refractivity contribution in [3.05, 3.63) is 59.9 Å². The Balaban J connectivity index is 1.39. The van der Waals surface area contributed by atoms with Crippen molar-refractivity contribution in [3.63, 3.8) is 0 Å². The number of rotatable bonds is 8. The molecule has 0 aliphatic heterocycles. The first-order valence-corrected chi connectivity index (χ1v) is 13.2. The topological polar surface area (TPSA) is 106 Å². The van der Waals surface area contributed by atoms with Crippen LogP contribution in [0.1, 0.15) is 55.6 Å². The standard InChI is InChI=1S/C28H27F3N8O2/c1-5-38-13-20(28(29,30)31)35-24(38)18-10-6-16(7-11-18)15(2)39-25-19(26(37-39)40-3)12-32-23(36-25)21-22(17-8-9-17)33-14-34-27(21)41-4/h6-7,10-15,17H,5,8-9H2,1-4H3/t15-/m0/s1. The molecule has 1 fully saturated rings. The van der Waals surface area contributed by atoms with Gasteiger partial charge in [-0.3, -0.25) is 0 Å². The summed E-state index contributed by atoms with van der Waals surface area (Å²) in [6.45, 7) is 4.09. The molecule has 1 aliphatic carbocycles. The molecule has 0 unspecified atom stereocenters. The summed E-state index contributed by atoms with van der Waals surface area (Å²) >= 11 is 0. The van der Waals surface area contributed by atoms with Gasteiger partial charge in [-0.1, -0.05) is 24.3 Å². The van der Waals surface area contributed by atoms with E-state index in [-0.39, 0.29) is 11.9 Å². The number of hydrogen-bond acceptors (Lipinski definition) is 8. The van der Waals surface area contributed by atoms with Crippen LogP contribution in [0.15, 0.2) is 43.0 Å². The van der Waals surface area contributed by atoms with Gasteiger partial charge in [0.15, 0.2) is 17.2 Å². The van der Waals surface area contributed by atoms with Crippen molar-refractivity contribution in [3.8, 4) is 34.5 Å². The fourth-order valence-electron chi connectivity index (χ4n) is 4.93. The number of ether oxygens (including phenoxy) is 2. The van der Waals surface area contributed by atoms with Crippen LogP contribution < -0.4 is 9.47 Å². The number of alkyl halides is 3. The minimum Gasteiger partial charge on any atom is -0.480 e. The van der Waals surface area contributed by atoms with Crippen LogP contribution in [-0.4, -0.2) is 53.5 Å². The Morgan fingerprint density at radius 3 is 2.37 bits per heavy atom. The first-order chi connectivity index (χ1) is 19.7. The van der Waals surface area contributed by atoms with E-state index in [9.17, 15) is 13.2 Å². The molecule has 41 heavy (non-hydrogen) atoms. The molecule has 0 N–H and O–H groups in total. The van der Waals surface area contributed by atoms with Crippen LogP contribution in [0.2, 0.25) is 0 Å². The first kappa shape index (κ1) is 26.7. The second kappa shape index (κ2) is 10.1. The van der Waals surface area contributed by atoms with E-state index in [1.54, 1.807) is 37.0 Å². The SMILES string of the molecule is CCn1cc(C(F)(F)F)nc1-c1ccc([C@H](C)n2nc(OC)c3cnc(-c4c(OC)ncnc4C4CC4)nc32)cc1. The molecule has 0 saturated heterocycles. The van der Waals surface area contributed by atoms with Gasteiger partial charge in [0.1, 0.15) is 23.1 Å². The van der Waals surface area contributed by atoms with E-state index in [0.717, 1.165) is 30.3 Å². The Morgan fingerprint density at radius 1 is 1.00 bits per heavy atom. The van der Waals surface area contributed by atoms with E-state index in [2.05, 4.69) is 25.0 Å². The molecule has 0 spiro atoms. The number of hydrogen-bond donors (Lipinski definition) is 0. The van der Waals surface area contributed by atoms with Crippen molar-refractivity contribution >= 4 is 11.0 Å². The number of methoxy groups -OCH3 is 2. The maximum absolute atomic E-state index is 13.3. The Kier molecular flexibility index (Phi) is 6.59. The van der Waals surface area contributed by atoms with E-state index in [0.29, 0.717) is 52.2 Å². The van der Waals surface area contributed by atoms with Crippen LogP contribution in [0.5, 0.6) is 11.8 Å². The van der Waals surface area contributed by atoms with Crippen LogP contribution in [0.4, 0.5) is 13.2 Å². The molecule has 1 aliphatic rings. The quantitative estimate of drug-likeness (QED) is 0.237. The highest BCUT2D eigenvalue weighted by Gasteiger charge is 2.35. The minimum absolute atomic E-state index is 0.258. The number of benzene rings is 1. The third-order valence-electron chi connectivity index (χ3n) is 7.26. The predicted molar refractivity (Wildman–Crippen MR) is 144 cm³/mol. The van der Waals surface area contributed by atoms with Crippen LogP contribution in [0, 0.1) is 0 Å². The molecule has 13 heteroatoms. The molecule has 5 aromatic rings. The van der Waals surface area contributed by atoms with Gasteiger partial charge in [-0.15, -0.1) is 5.10 Å². The normalized spacial score (nSPS) is 14.4. The number of aryl methyl sites for hydroxylation is 1. The second-order valence-electron chi connectivity index (χ2n) is 9.83. The van der Waals surface area contributed by atoms with Gasteiger partial charge in [0.25, 0.3) is 0 Å². The van der Waals surface area contributed by atoms with Crippen molar-refractivity contribution in [1.29, 1.82) is 0 Å². The van der Waals surface area contributed by atoms with Gasteiger partial charge >= 0.3 is 6.18 Å². The highest BCUT2D eigenvalue weighted by molar-refractivity contribution is 5.83. The monoisotopic (exact) mass is 564 g/mol. The maximum Gasteiger partial charge on any atom is 0.434 e. The molecule has 6 rings (SSSR count). The summed E-state index contributed by atoms with van der Waals surface area (Å²) in [5.41, 5.74) is 2.60. The van der Waals surface area contributed by atoms with Crippen molar-refractivity contribution < 1.29 is 22.6 Å². The molecule has 212 valence electrons. The maximum atomic E-state index is 13.3. The third-order valence-corrected chi connectivity index (χ3v) is 7.26. The summed E-state index contributed by atoms with van der Waals surface area (Å²) < 4.78 is 54.1. The van der Waals surface area contributed by atoms with Crippen molar-refractivity contribution in [2.45, 2.75) is 51.4 Å². The highest BCUT2D eigenvalue weighted by Crippen LogP contribution is 2.45. The number of aromatic nitrogens is 8. The van der Waals surface area contributed by atoms with Gasteiger partial charge in [-0.05, 0) is 32.3 Å². The van der Waals surface area contributed by atoms with Crippen molar-refractivity contribution in [2.75, 3.05) is 14.2 Å². The molecular weight excluding hydrogens is 537 g/mol. The fourth-order valence-corrected chi connectivity index (χ4v) is 4.93. The van der Waals surface area contributed by atoms with Crippen LogP contribution >= 0.6 is 0 Å². The average molecular weight is 565 g/mol. The number of fused-ring (bicyclic) bond motifs is 1. The number of halogens is 3. The van der Waals surface area contributed by atoms with E-state index in [1.807, 2.05) is 19.1 Å². The fraction of sp³-hybridized carbons (Fsp3) is 0.357. The first-order valence-electron chi connectivity index (χ1n) is 13.2. The van der Waals surface area contributed by atoms with Crippen LogP contribution in [0.3, 0.4) is 0 Å². The van der Waals surface area contributed by atoms with Crippen LogP contribution in [0.25, 0.3) is 33.8 Å². The Labute approximate surface area is 233 Å². The lowest BCUT2D eigenvalue weighted by Crippen LogP contribution is -2.10. The Morgan fingerprint density at radius 2 is 1.73 bits per heavy atom. The molecule has 0 amide bonds. The minimum atomic E-state index is -4.51. The lowest BCUT2D eigenvalue weighted by atomic mass is 10.1. The van der Waals surface area contributed by atoms with Gasteiger partial charge in [-0.2, -0.15) is 13.2 Å². The molecule has 10 nitrogen and oxygen atoms in total. The number of nitrogens with zero attached hydrogens (tertiary/aromatic N) is 8. The molecule has 1 atom stereocenters. The summed E-state index contributed by atoms with van der Waals surface area (Å²) in [7, 11) is 3.08. The summed E-state index contributed by atoms with van der Waals surface area (Å²) in [6, 6.07) is 6.93. The van der Waals surface area contributed by atoms with Gasteiger partial charge in [0, 0.05) is 30.4 Å². The van der Waals surface area contributed by atoms with Gasteiger partial charge < -0.3 is 14.0 Å². The lowest BCUT2D eigenvalue weighted by Gasteiger charge is -2.15. The zero-order valence-electron chi connectivity index (χ0n) is 22.8. The summed E-state index contributed by atoms with van der Waals surface area (Å²) in [5.74, 6) is 1.78. The lowest BCUT2D eigenvalue weighted by molar-refractivity contribution is -0.140. The predicted octanol–water partition coefficient (Wildman–Crippen LogP) is 5.69. The van der Waals surface area contributed by atoms with Gasteiger partial charge in [-0.25, -0.2) is 29.6 Å². The van der Waals surface area contributed by atoms with Crippen molar-refractivity contribution in [1.82, 2.24) is 39.3 Å². The second-order valence-corrected chi connectivity index (χ2v) is 9.83. The molecular formula is C28H27F3N8O2. The van der Waals surface area contributed by atoms with Crippen molar-refractivity contribution in [2.24, 2.45) is 0 Å². The zero-order chi connectivity index (χ0) is 28.9. The van der Waals surface area contributed by atoms with Crippen LogP contribution in [-0.2, 0) is 12.7 Å². The highest BCUT2D eigenvalue weighted by atomic mass is 19.4. The largest absolute Gasteiger partial charge is 0.480 e. The summed E-state index contributed by atoms with van der Waals surface area (Å²) in [6.07, 6.45) is 1.74. The Hall–Kier alpha value is -4.55. The third kappa shape index (κ3) is 4.74. The molecule has 1 aromatic carbocycles. The molecule has 4 heterocycles. The molecule has 0 radical (unpaired) electrons. The van der Waals surface area contributed by atoms with E-state index in [4.69, 9.17) is 14.5 Å². The smallest absolute Gasteiger partial charge is 0.434 e. The average Bonchev–Trinajstić information content (AvgIpc) is 3.62. The Bertz CT molecular complexity index is 1730. The van der Waals surface area contributed by atoms with Gasteiger partial charge in [0.2, 0.25) is 11.8 Å². The summed E-state index contributed by atoms with van der Waals surface area (Å²) in [4.78, 5) is 22.1. The summed E-state index contributed by atoms with van der Waals surface area (Å²) in [5, 5.41) is 5.29. The molecule has 4 aromatic heterocycles. The zero-order valence-corrected chi connectivity index (χ0v) is 22.8. The van der Waals surface area contributed by atoms with Gasteiger partial charge in [0.05, 0.1) is 26.0 Å². The molecule has 1 saturated carbocycles. The number of imidazole rings is 1. The van der Waals surface area contributed by atoms with E-state index < -0.39 is 11.9 Å².